The summed E-state index contributed by atoms with van der Waals surface area (Å²) in [5.41, 5.74) is 7.95. The number of aromatic amines is 1. The molecule has 0 saturated heterocycles. The van der Waals surface area contributed by atoms with Gasteiger partial charge >= 0.3 is 0 Å². The van der Waals surface area contributed by atoms with E-state index in [-0.39, 0.29) is 10.7 Å². The Kier molecular flexibility index (Phi) is 3.75. The minimum absolute atomic E-state index is 0.0339. The summed E-state index contributed by atoms with van der Waals surface area (Å²) in [6.45, 7) is 4.84. The average Bonchev–Trinajstić information content (AvgIpc) is 2.79. The molecule has 2 rings (SSSR count). The van der Waals surface area contributed by atoms with Gasteiger partial charge in [-0.15, -0.1) is 0 Å². The fourth-order valence-electron chi connectivity index (χ4n) is 1.79. The number of H-pyrrole nitrogens is 1. The minimum Gasteiger partial charge on any atom is -0.399 e. The van der Waals surface area contributed by atoms with Gasteiger partial charge in [0.05, 0.1) is 5.56 Å². The molecule has 1 heterocycles. The first-order chi connectivity index (χ1) is 8.93. The SMILES string of the molecule is CSC(C)(C)CNC(=O)c1c[nH]c2cc(N)ccc12. The third kappa shape index (κ3) is 3.04. The van der Waals surface area contributed by atoms with Gasteiger partial charge in [-0.3, -0.25) is 4.79 Å². The van der Waals surface area contributed by atoms with Crippen LogP contribution in [0.1, 0.15) is 24.2 Å². The molecule has 1 amide bonds. The van der Waals surface area contributed by atoms with Gasteiger partial charge in [0.25, 0.3) is 5.91 Å². The number of hydrogen-bond donors (Lipinski definition) is 3. The molecule has 0 aliphatic rings. The van der Waals surface area contributed by atoms with E-state index < -0.39 is 0 Å². The first-order valence-electron chi connectivity index (χ1n) is 6.13. The van der Waals surface area contributed by atoms with Gasteiger partial charge in [-0.1, -0.05) is 0 Å². The Morgan fingerprint density at radius 2 is 2.21 bits per heavy atom. The molecule has 0 saturated carbocycles. The van der Waals surface area contributed by atoms with Crippen LogP contribution in [0.25, 0.3) is 10.9 Å². The highest BCUT2D eigenvalue weighted by Crippen LogP contribution is 2.22. The van der Waals surface area contributed by atoms with Crippen molar-refractivity contribution in [2.75, 3.05) is 18.5 Å². The lowest BCUT2D eigenvalue weighted by Crippen LogP contribution is -2.35. The molecule has 5 heteroatoms. The zero-order chi connectivity index (χ0) is 14.0. The number of nitrogens with two attached hydrogens (primary N) is 1. The number of benzene rings is 1. The molecule has 0 aliphatic heterocycles. The summed E-state index contributed by atoms with van der Waals surface area (Å²) in [6, 6.07) is 5.51. The molecule has 0 unspecified atom stereocenters. The highest BCUT2D eigenvalue weighted by molar-refractivity contribution is 7.99. The van der Waals surface area contributed by atoms with Crippen LogP contribution in [0.15, 0.2) is 24.4 Å². The molecule has 19 heavy (non-hydrogen) atoms. The van der Waals surface area contributed by atoms with Gasteiger partial charge in [-0.05, 0) is 38.3 Å². The summed E-state index contributed by atoms with van der Waals surface area (Å²) in [4.78, 5) is 15.3. The van der Waals surface area contributed by atoms with E-state index in [4.69, 9.17) is 5.73 Å². The largest absolute Gasteiger partial charge is 0.399 e. The van der Waals surface area contributed by atoms with Crippen molar-refractivity contribution in [2.45, 2.75) is 18.6 Å². The van der Waals surface area contributed by atoms with Crippen molar-refractivity contribution in [1.29, 1.82) is 0 Å². The molecule has 1 aromatic carbocycles. The zero-order valence-electron chi connectivity index (χ0n) is 11.4. The van der Waals surface area contributed by atoms with Crippen LogP contribution < -0.4 is 11.1 Å². The van der Waals surface area contributed by atoms with Crippen LogP contribution in [0.4, 0.5) is 5.69 Å². The normalized spacial score (nSPS) is 11.7. The topological polar surface area (TPSA) is 70.9 Å². The highest BCUT2D eigenvalue weighted by Gasteiger charge is 2.18. The number of carbonyl (C=O) groups is 1. The Morgan fingerprint density at radius 3 is 2.89 bits per heavy atom. The van der Waals surface area contributed by atoms with E-state index >= 15 is 0 Å². The number of thioether (sulfide) groups is 1. The molecular formula is C14H19N3OS. The van der Waals surface area contributed by atoms with E-state index in [0.29, 0.717) is 17.8 Å². The lowest BCUT2D eigenvalue weighted by molar-refractivity contribution is 0.0952. The number of rotatable bonds is 4. The second-order valence-corrected chi connectivity index (χ2v) is 6.67. The van der Waals surface area contributed by atoms with E-state index in [1.165, 1.54) is 0 Å². The number of aromatic nitrogens is 1. The van der Waals surface area contributed by atoms with Crippen molar-refractivity contribution in [3.05, 3.63) is 30.0 Å². The Morgan fingerprint density at radius 1 is 1.47 bits per heavy atom. The van der Waals surface area contributed by atoms with Gasteiger partial charge in [-0.25, -0.2) is 0 Å². The second-order valence-electron chi connectivity index (χ2n) is 5.15. The van der Waals surface area contributed by atoms with Gasteiger partial charge in [0.2, 0.25) is 0 Å². The van der Waals surface area contributed by atoms with Crippen LogP contribution in [-0.4, -0.2) is 28.4 Å². The Bertz CT molecular complexity index is 604. The van der Waals surface area contributed by atoms with E-state index in [1.54, 1.807) is 24.0 Å². The van der Waals surface area contributed by atoms with E-state index in [9.17, 15) is 4.79 Å². The lowest BCUT2D eigenvalue weighted by Gasteiger charge is -2.22. The number of anilines is 1. The summed E-state index contributed by atoms with van der Waals surface area (Å²) in [6.07, 6.45) is 3.77. The van der Waals surface area contributed by atoms with Crippen molar-refractivity contribution in [1.82, 2.24) is 10.3 Å². The minimum atomic E-state index is -0.0573. The number of fused-ring (bicyclic) bond motifs is 1. The molecule has 2 aromatic rings. The average molecular weight is 277 g/mol. The maximum atomic E-state index is 12.2. The molecule has 0 radical (unpaired) electrons. The third-order valence-electron chi connectivity index (χ3n) is 3.18. The van der Waals surface area contributed by atoms with Crippen molar-refractivity contribution in [3.8, 4) is 0 Å². The maximum Gasteiger partial charge on any atom is 0.253 e. The van der Waals surface area contributed by atoms with Crippen LogP contribution in [0.3, 0.4) is 0 Å². The number of nitrogen functional groups attached to an aromatic ring is 1. The molecule has 0 bridgehead atoms. The quantitative estimate of drug-likeness (QED) is 0.752. The maximum absolute atomic E-state index is 12.2. The van der Waals surface area contributed by atoms with Crippen LogP contribution in [-0.2, 0) is 0 Å². The third-order valence-corrected chi connectivity index (χ3v) is 4.43. The first-order valence-corrected chi connectivity index (χ1v) is 7.35. The molecule has 1 aromatic heterocycles. The summed E-state index contributed by atoms with van der Waals surface area (Å²) < 4.78 is 0.0339. The first kappa shape index (κ1) is 13.8. The van der Waals surface area contributed by atoms with Crippen LogP contribution in [0, 0.1) is 0 Å². The molecule has 0 aliphatic carbocycles. The number of hydrogen-bond acceptors (Lipinski definition) is 3. The molecule has 0 atom stereocenters. The molecule has 0 fully saturated rings. The standard InChI is InChI=1S/C14H19N3OS/c1-14(2,19-3)8-17-13(18)11-7-16-12-6-9(15)4-5-10(11)12/h4-7,16H,8,15H2,1-3H3,(H,17,18). The van der Waals surface area contributed by atoms with E-state index in [0.717, 1.165) is 10.9 Å². The van der Waals surface area contributed by atoms with E-state index in [1.807, 2.05) is 18.4 Å². The summed E-state index contributed by atoms with van der Waals surface area (Å²) in [7, 11) is 0. The van der Waals surface area contributed by atoms with Crippen molar-refractivity contribution >= 4 is 34.3 Å². The van der Waals surface area contributed by atoms with Crippen molar-refractivity contribution in [3.63, 3.8) is 0 Å². The predicted molar refractivity (Wildman–Crippen MR) is 82.6 cm³/mol. The molecule has 4 nitrogen and oxygen atoms in total. The van der Waals surface area contributed by atoms with Crippen molar-refractivity contribution < 1.29 is 4.79 Å². The van der Waals surface area contributed by atoms with Crippen molar-refractivity contribution in [2.24, 2.45) is 0 Å². The number of carbonyl (C=O) groups excluding carboxylic acids is 1. The van der Waals surface area contributed by atoms with Gasteiger partial charge in [0, 0.05) is 34.1 Å². The zero-order valence-corrected chi connectivity index (χ0v) is 12.2. The molecule has 102 valence electrons. The highest BCUT2D eigenvalue weighted by atomic mass is 32.2. The Balaban J connectivity index is 2.18. The fourth-order valence-corrected chi connectivity index (χ4v) is 2.01. The Labute approximate surface area is 117 Å². The Hall–Kier alpha value is -1.62. The summed E-state index contributed by atoms with van der Waals surface area (Å²) >= 11 is 1.73. The fraction of sp³-hybridized carbons (Fsp3) is 0.357. The molecular weight excluding hydrogens is 258 g/mol. The van der Waals surface area contributed by atoms with Gasteiger partial charge < -0.3 is 16.0 Å². The van der Waals surface area contributed by atoms with E-state index in [2.05, 4.69) is 24.1 Å². The summed E-state index contributed by atoms with van der Waals surface area (Å²) in [5.74, 6) is -0.0573. The summed E-state index contributed by atoms with van der Waals surface area (Å²) in [5, 5.41) is 3.87. The lowest BCUT2D eigenvalue weighted by atomic mass is 10.1. The number of nitrogens with one attached hydrogen (secondary N) is 2. The monoisotopic (exact) mass is 277 g/mol. The van der Waals surface area contributed by atoms with Gasteiger partial charge in [0.15, 0.2) is 0 Å². The van der Waals surface area contributed by atoms with Crippen LogP contribution in [0.5, 0.6) is 0 Å². The van der Waals surface area contributed by atoms with Crippen LogP contribution in [0.2, 0.25) is 0 Å². The smallest absolute Gasteiger partial charge is 0.253 e. The molecule has 0 spiro atoms. The van der Waals surface area contributed by atoms with Crippen LogP contribution >= 0.6 is 11.8 Å². The van der Waals surface area contributed by atoms with Gasteiger partial charge in [0.1, 0.15) is 0 Å². The predicted octanol–water partition coefficient (Wildman–Crippen LogP) is 2.62. The van der Waals surface area contributed by atoms with Gasteiger partial charge in [-0.2, -0.15) is 11.8 Å². The second kappa shape index (κ2) is 5.17. The molecule has 4 N–H and O–H groups in total. The number of amides is 1.